The van der Waals surface area contributed by atoms with Crippen molar-refractivity contribution < 1.29 is 14.3 Å². The quantitative estimate of drug-likeness (QED) is 0.820. The number of hydrogen-bond acceptors (Lipinski definition) is 2. The summed E-state index contributed by atoms with van der Waals surface area (Å²) < 4.78 is 14.1. The highest BCUT2D eigenvalue weighted by Crippen LogP contribution is 2.21. The second-order valence-electron chi connectivity index (χ2n) is 4.11. The van der Waals surface area contributed by atoms with Gasteiger partial charge in [0.1, 0.15) is 5.82 Å². The van der Waals surface area contributed by atoms with Gasteiger partial charge in [0.15, 0.2) is 0 Å². The van der Waals surface area contributed by atoms with Gasteiger partial charge in [-0.15, -0.1) is 0 Å². The van der Waals surface area contributed by atoms with E-state index in [1.54, 1.807) is 19.2 Å². The molecule has 0 radical (unpaired) electrons. The van der Waals surface area contributed by atoms with Crippen molar-refractivity contribution in [3.63, 3.8) is 0 Å². The van der Waals surface area contributed by atoms with Gasteiger partial charge in [-0.05, 0) is 47.3 Å². The van der Waals surface area contributed by atoms with Crippen molar-refractivity contribution in [3.05, 3.63) is 34.1 Å². The molecule has 5 heteroatoms. The Balaban J connectivity index is 2.63. The minimum Gasteiger partial charge on any atom is -0.396 e. The van der Waals surface area contributed by atoms with E-state index in [9.17, 15) is 9.18 Å². The lowest BCUT2D eigenvalue weighted by Crippen LogP contribution is -2.28. The number of nitrogens with zero attached hydrogens (tertiary/aromatic N) is 1. The third-order valence-corrected chi connectivity index (χ3v) is 3.34. The molecule has 0 saturated carbocycles. The molecule has 0 aliphatic carbocycles. The molecule has 1 aromatic rings. The third kappa shape index (κ3) is 4.07. The molecule has 0 aliphatic rings. The number of aliphatic hydroxyl groups excluding tert-OH is 1. The lowest BCUT2D eigenvalue weighted by molar-refractivity contribution is 0.0786. The van der Waals surface area contributed by atoms with Gasteiger partial charge in [-0.25, -0.2) is 4.39 Å². The van der Waals surface area contributed by atoms with Crippen molar-refractivity contribution in [2.45, 2.75) is 19.3 Å². The highest BCUT2D eigenvalue weighted by Gasteiger charge is 2.18. The fourth-order valence-corrected chi connectivity index (χ4v) is 2.14. The van der Waals surface area contributed by atoms with E-state index in [1.165, 1.54) is 11.0 Å². The summed E-state index contributed by atoms with van der Waals surface area (Å²) in [5, 5.41) is 8.66. The first-order valence-corrected chi connectivity index (χ1v) is 6.67. The first kappa shape index (κ1) is 15.1. The smallest absolute Gasteiger partial charge is 0.257 e. The molecule has 100 valence electrons. The summed E-state index contributed by atoms with van der Waals surface area (Å²) >= 11 is 3.19. The molecule has 1 N–H and O–H groups in total. The van der Waals surface area contributed by atoms with Crippen LogP contribution in [0.15, 0.2) is 22.7 Å². The molecule has 0 atom stereocenters. The molecule has 0 heterocycles. The molecule has 0 bridgehead atoms. The monoisotopic (exact) mass is 317 g/mol. The Hall–Kier alpha value is -0.940. The molecule has 0 aliphatic heterocycles. The van der Waals surface area contributed by atoms with Crippen LogP contribution in [-0.4, -0.2) is 36.1 Å². The number of amides is 1. The van der Waals surface area contributed by atoms with E-state index in [1.807, 2.05) is 0 Å². The van der Waals surface area contributed by atoms with Gasteiger partial charge in [-0.1, -0.05) is 6.07 Å². The van der Waals surface area contributed by atoms with Gasteiger partial charge < -0.3 is 10.0 Å². The first-order chi connectivity index (χ1) is 8.57. The summed E-state index contributed by atoms with van der Waals surface area (Å²) in [5.74, 6) is -0.847. The number of carbonyl (C=O) groups excluding carboxylic acids is 1. The molecule has 3 nitrogen and oxygen atoms in total. The normalized spacial score (nSPS) is 10.4. The van der Waals surface area contributed by atoms with Crippen LogP contribution in [0.5, 0.6) is 0 Å². The molecule has 0 saturated heterocycles. The van der Waals surface area contributed by atoms with Crippen LogP contribution in [-0.2, 0) is 0 Å². The van der Waals surface area contributed by atoms with Crippen LogP contribution < -0.4 is 0 Å². The minimum atomic E-state index is -0.517. The number of rotatable bonds is 6. The number of unbranched alkanes of at least 4 members (excludes halogenated alkanes) is 2. The zero-order valence-electron chi connectivity index (χ0n) is 10.3. The van der Waals surface area contributed by atoms with Gasteiger partial charge in [0.05, 0.1) is 5.56 Å². The predicted molar refractivity (Wildman–Crippen MR) is 72.0 cm³/mol. The largest absolute Gasteiger partial charge is 0.396 e. The summed E-state index contributed by atoms with van der Waals surface area (Å²) in [4.78, 5) is 13.6. The SMILES string of the molecule is CN(CCCCCO)C(=O)c1c(F)cccc1Br. The number of benzene rings is 1. The van der Waals surface area contributed by atoms with E-state index in [-0.39, 0.29) is 18.1 Å². The molecule has 1 rings (SSSR count). The van der Waals surface area contributed by atoms with Crippen LogP contribution in [0, 0.1) is 5.82 Å². The fraction of sp³-hybridized carbons (Fsp3) is 0.462. The number of aliphatic hydroxyl groups is 1. The van der Waals surface area contributed by atoms with E-state index in [4.69, 9.17) is 5.11 Å². The van der Waals surface area contributed by atoms with Crippen molar-refractivity contribution in [2.75, 3.05) is 20.2 Å². The van der Waals surface area contributed by atoms with Gasteiger partial charge in [0.2, 0.25) is 0 Å². The van der Waals surface area contributed by atoms with Crippen LogP contribution in [0.1, 0.15) is 29.6 Å². The average molecular weight is 318 g/mol. The van der Waals surface area contributed by atoms with Gasteiger partial charge in [-0.3, -0.25) is 4.79 Å². The van der Waals surface area contributed by atoms with E-state index in [2.05, 4.69) is 15.9 Å². The van der Waals surface area contributed by atoms with E-state index in [0.717, 1.165) is 19.3 Å². The van der Waals surface area contributed by atoms with Crippen LogP contribution in [0.25, 0.3) is 0 Å². The summed E-state index contributed by atoms with van der Waals surface area (Å²) in [6.45, 7) is 0.718. The standard InChI is InChI=1S/C13H17BrFNO2/c1-16(8-3-2-4-9-17)13(18)12-10(14)6-5-7-11(12)15/h5-7,17H,2-4,8-9H2,1H3. The molecule has 0 spiro atoms. The molecule has 0 fully saturated rings. The lowest BCUT2D eigenvalue weighted by Gasteiger charge is -2.18. The molecule has 18 heavy (non-hydrogen) atoms. The van der Waals surface area contributed by atoms with E-state index in [0.29, 0.717) is 11.0 Å². The first-order valence-electron chi connectivity index (χ1n) is 5.88. The topological polar surface area (TPSA) is 40.5 Å². The van der Waals surface area contributed by atoms with Crippen molar-refractivity contribution in [1.29, 1.82) is 0 Å². The Kier molecular flexibility index (Phi) is 6.29. The van der Waals surface area contributed by atoms with Gasteiger partial charge in [-0.2, -0.15) is 0 Å². The predicted octanol–water partition coefficient (Wildman–Crippen LogP) is 2.82. The summed E-state index contributed by atoms with van der Waals surface area (Å²) in [6, 6.07) is 4.48. The van der Waals surface area contributed by atoms with E-state index >= 15 is 0 Å². The molecule has 0 aromatic heterocycles. The summed E-state index contributed by atoms with van der Waals surface area (Å²) in [5.41, 5.74) is 0.0714. The summed E-state index contributed by atoms with van der Waals surface area (Å²) in [7, 11) is 1.65. The van der Waals surface area contributed by atoms with Crippen molar-refractivity contribution in [1.82, 2.24) is 4.90 Å². The molecule has 1 amide bonds. The van der Waals surface area contributed by atoms with Gasteiger partial charge in [0, 0.05) is 24.7 Å². The number of hydrogen-bond donors (Lipinski definition) is 1. The molecular formula is C13H17BrFNO2. The zero-order chi connectivity index (χ0) is 13.5. The maximum Gasteiger partial charge on any atom is 0.257 e. The highest BCUT2D eigenvalue weighted by atomic mass is 79.9. The Labute approximate surface area is 115 Å². The third-order valence-electron chi connectivity index (χ3n) is 2.67. The minimum absolute atomic E-state index is 0.0714. The summed E-state index contributed by atoms with van der Waals surface area (Å²) in [6.07, 6.45) is 2.38. The van der Waals surface area contributed by atoms with Crippen molar-refractivity contribution >= 4 is 21.8 Å². The Morgan fingerprint density at radius 2 is 2.11 bits per heavy atom. The molecular weight excluding hydrogens is 301 g/mol. The average Bonchev–Trinajstić information content (AvgIpc) is 2.34. The van der Waals surface area contributed by atoms with Crippen LogP contribution in [0.2, 0.25) is 0 Å². The van der Waals surface area contributed by atoms with Crippen LogP contribution in [0.4, 0.5) is 4.39 Å². The second-order valence-corrected chi connectivity index (χ2v) is 4.96. The molecule has 0 unspecified atom stereocenters. The van der Waals surface area contributed by atoms with Gasteiger partial charge in [0.25, 0.3) is 5.91 Å². The Morgan fingerprint density at radius 3 is 2.72 bits per heavy atom. The van der Waals surface area contributed by atoms with Crippen molar-refractivity contribution in [3.8, 4) is 0 Å². The van der Waals surface area contributed by atoms with E-state index < -0.39 is 5.82 Å². The number of carbonyl (C=O) groups is 1. The Bertz CT molecular complexity index is 392. The number of halogens is 2. The van der Waals surface area contributed by atoms with Crippen LogP contribution in [0.3, 0.4) is 0 Å². The lowest BCUT2D eigenvalue weighted by atomic mass is 10.1. The zero-order valence-corrected chi connectivity index (χ0v) is 11.9. The molecule has 1 aromatic carbocycles. The highest BCUT2D eigenvalue weighted by molar-refractivity contribution is 9.10. The van der Waals surface area contributed by atoms with Gasteiger partial charge >= 0.3 is 0 Å². The fourth-order valence-electron chi connectivity index (χ4n) is 1.63. The van der Waals surface area contributed by atoms with Crippen LogP contribution >= 0.6 is 15.9 Å². The maximum atomic E-state index is 13.6. The second kappa shape index (κ2) is 7.48. The maximum absolute atomic E-state index is 13.6. The Morgan fingerprint density at radius 1 is 1.39 bits per heavy atom. The van der Waals surface area contributed by atoms with Crippen molar-refractivity contribution in [2.24, 2.45) is 0 Å².